The van der Waals surface area contributed by atoms with Gasteiger partial charge in [0.25, 0.3) is 0 Å². The van der Waals surface area contributed by atoms with Crippen molar-refractivity contribution >= 4 is 11.6 Å². The third-order valence-corrected chi connectivity index (χ3v) is 3.23. The third kappa shape index (κ3) is 2.82. The zero-order chi connectivity index (χ0) is 14.9. The molecular weight excluding hydrogens is 286 g/mol. The smallest absolute Gasteiger partial charge is 0.126 e. The van der Waals surface area contributed by atoms with Crippen molar-refractivity contribution in [3.05, 3.63) is 52.3 Å². The second-order valence-corrected chi connectivity index (χ2v) is 5.13. The monoisotopic (exact) mass is 300 g/mol. The Hall–Kier alpha value is -1.50. The van der Waals surface area contributed by atoms with Crippen molar-refractivity contribution < 1.29 is 8.78 Å². The van der Waals surface area contributed by atoms with Crippen molar-refractivity contribution in [3.8, 4) is 0 Å². The largest absolute Gasteiger partial charge is 0.271 e. The van der Waals surface area contributed by atoms with Gasteiger partial charge in [-0.05, 0) is 31.5 Å². The van der Waals surface area contributed by atoms with Gasteiger partial charge in [0.2, 0.25) is 0 Å². The van der Waals surface area contributed by atoms with Gasteiger partial charge in [0.15, 0.2) is 0 Å². The summed E-state index contributed by atoms with van der Waals surface area (Å²) in [5.74, 6) is 4.19. The fourth-order valence-corrected chi connectivity index (χ4v) is 2.35. The van der Waals surface area contributed by atoms with E-state index in [1.807, 2.05) is 13.8 Å². The molecule has 0 radical (unpaired) electrons. The maximum Gasteiger partial charge on any atom is 0.126 e. The summed E-state index contributed by atoms with van der Waals surface area (Å²) in [7, 11) is 0. The lowest BCUT2D eigenvalue weighted by Gasteiger charge is -2.20. The van der Waals surface area contributed by atoms with Crippen molar-refractivity contribution in [3.63, 3.8) is 0 Å². The van der Waals surface area contributed by atoms with Crippen molar-refractivity contribution in [1.82, 2.24) is 15.2 Å². The highest BCUT2D eigenvalue weighted by molar-refractivity contribution is 6.31. The lowest BCUT2D eigenvalue weighted by atomic mass is 10.0. The van der Waals surface area contributed by atoms with Gasteiger partial charge in [-0.25, -0.2) is 14.2 Å². The number of hydrogen-bond donors (Lipinski definition) is 2. The van der Waals surface area contributed by atoms with Gasteiger partial charge in [0.1, 0.15) is 11.6 Å². The minimum absolute atomic E-state index is 0.0340. The molecule has 1 atom stereocenters. The predicted molar refractivity (Wildman–Crippen MR) is 73.1 cm³/mol. The normalized spacial score (nSPS) is 12.9. The summed E-state index contributed by atoms with van der Waals surface area (Å²) in [6, 6.07) is 2.60. The fraction of sp³-hybridized carbons (Fsp3) is 0.308. The average molecular weight is 301 g/mol. The van der Waals surface area contributed by atoms with E-state index < -0.39 is 17.7 Å². The fourth-order valence-electron chi connectivity index (χ4n) is 2.11. The Morgan fingerprint density at radius 2 is 1.85 bits per heavy atom. The second-order valence-electron chi connectivity index (χ2n) is 4.72. The van der Waals surface area contributed by atoms with Gasteiger partial charge < -0.3 is 0 Å². The van der Waals surface area contributed by atoms with Crippen LogP contribution in [0.5, 0.6) is 0 Å². The van der Waals surface area contributed by atoms with Gasteiger partial charge in [-0.2, -0.15) is 5.10 Å². The Morgan fingerprint density at radius 3 is 2.35 bits per heavy atom. The van der Waals surface area contributed by atoms with E-state index in [2.05, 4.69) is 10.5 Å². The van der Waals surface area contributed by atoms with E-state index in [9.17, 15) is 8.78 Å². The molecule has 2 rings (SSSR count). The molecule has 1 unspecified atom stereocenters. The molecule has 0 saturated heterocycles. The summed E-state index contributed by atoms with van der Waals surface area (Å²) >= 11 is 6.13. The highest BCUT2D eigenvalue weighted by Gasteiger charge is 2.23. The van der Waals surface area contributed by atoms with E-state index >= 15 is 0 Å². The van der Waals surface area contributed by atoms with Crippen LogP contribution in [-0.4, -0.2) is 9.78 Å². The molecule has 0 aliphatic heterocycles. The number of benzene rings is 1. The van der Waals surface area contributed by atoms with Gasteiger partial charge in [-0.3, -0.25) is 10.5 Å². The summed E-state index contributed by atoms with van der Waals surface area (Å²) < 4.78 is 28.4. The molecule has 1 aromatic carbocycles. The van der Waals surface area contributed by atoms with Crippen LogP contribution in [-0.2, 0) is 0 Å². The predicted octanol–water partition coefficient (Wildman–Crippen LogP) is 2.95. The van der Waals surface area contributed by atoms with E-state index in [0.717, 1.165) is 6.07 Å². The summed E-state index contributed by atoms with van der Waals surface area (Å²) in [6.07, 6.45) is 1.48. The first kappa shape index (κ1) is 14.9. The topological polar surface area (TPSA) is 55.9 Å². The van der Waals surface area contributed by atoms with Crippen LogP contribution in [0.2, 0.25) is 5.02 Å². The Bertz CT molecular complexity index is 592. The van der Waals surface area contributed by atoms with Crippen LogP contribution in [0.1, 0.15) is 37.2 Å². The molecule has 0 aliphatic rings. The standard InChI is InChI=1S/C13H15ClF2N4/c1-7(2)20-13(11(14)6-18-20)12(19-17)8-3-9(15)5-10(16)4-8/h3-7,12,19H,17H2,1-2H3. The SMILES string of the molecule is CC(C)n1ncc(Cl)c1C(NN)c1cc(F)cc(F)c1. The Balaban J connectivity index is 2.55. The van der Waals surface area contributed by atoms with Crippen LogP contribution in [0.3, 0.4) is 0 Å². The minimum Gasteiger partial charge on any atom is -0.271 e. The molecular formula is C13H15ClF2N4. The molecule has 4 nitrogen and oxygen atoms in total. The number of halogens is 3. The van der Waals surface area contributed by atoms with Crippen LogP contribution in [0.4, 0.5) is 8.78 Å². The number of nitrogens with two attached hydrogens (primary N) is 1. The van der Waals surface area contributed by atoms with E-state index in [1.54, 1.807) is 4.68 Å². The first-order chi connectivity index (χ1) is 9.43. The molecule has 7 heteroatoms. The number of hydrogen-bond acceptors (Lipinski definition) is 3. The maximum atomic E-state index is 13.4. The van der Waals surface area contributed by atoms with E-state index in [1.165, 1.54) is 18.3 Å². The van der Waals surface area contributed by atoms with Gasteiger partial charge in [0, 0.05) is 12.1 Å². The minimum atomic E-state index is -0.674. The third-order valence-electron chi connectivity index (χ3n) is 2.93. The number of nitrogens with one attached hydrogen (secondary N) is 1. The van der Waals surface area contributed by atoms with E-state index in [-0.39, 0.29) is 6.04 Å². The molecule has 0 saturated carbocycles. The Kier molecular flexibility index (Phi) is 4.37. The zero-order valence-electron chi connectivity index (χ0n) is 11.1. The molecule has 0 fully saturated rings. The summed E-state index contributed by atoms with van der Waals surface area (Å²) in [5.41, 5.74) is 3.44. The first-order valence-electron chi connectivity index (χ1n) is 6.09. The van der Waals surface area contributed by atoms with Crippen LogP contribution in [0.25, 0.3) is 0 Å². The highest BCUT2D eigenvalue weighted by atomic mass is 35.5. The molecule has 0 amide bonds. The number of rotatable bonds is 4. The Labute approximate surface area is 120 Å². The van der Waals surface area contributed by atoms with E-state index in [4.69, 9.17) is 17.4 Å². The van der Waals surface area contributed by atoms with Crippen LogP contribution in [0, 0.1) is 11.6 Å². The van der Waals surface area contributed by atoms with Crippen molar-refractivity contribution in [2.24, 2.45) is 5.84 Å². The molecule has 1 aromatic heterocycles. The second kappa shape index (κ2) is 5.87. The molecule has 3 N–H and O–H groups in total. The number of nitrogens with zero attached hydrogens (tertiary/aromatic N) is 2. The maximum absolute atomic E-state index is 13.4. The van der Waals surface area contributed by atoms with Gasteiger partial charge >= 0.3 is 0 Å². The van der Waals surface area contributed by atoms with Gasteiger partial charge in [-0.1, -0.05) is 11.6 Å². The highest BCUT2D eigenvalue weighted by Crippen LogP contribution is 2.30. The Morgan fingerprint density at radius 1 is 1.25 bits per heavy atom. The lowest BCUT2D eigenvalue weighted by Crippen LogP contribution is -2.31. The van der Waals surface area contributed by atoms with E-state index in [0.29, 0.717) is 16.3 Å². The van der Waals surface area contributed by atoms with Crippen molar-refractivity contribution in [1.29, 1.82) is 0 Å². The van der Waals surface area contributed by atoms with Crippen LogP contribution < -0.4 is 11.3 Å². The summed E-state index contributed by atoms with van der Waals surface area (Å²) in [6.45, 7) is 3.85. The van der Waals surface area contributed by atoms with Crippen LogP contribution in [0.15, 0.2) is 24.4 Å². The summed E-state index contributed by atoms with van der Waals surface area (Å²) in [4.78, 5) is 0. The molecule has 108 valence electrons. The quantitative estimate of drug-likeness (QED) is 0.674. The average Bonchev–Trinajstić information content (AvgIpc) is 2.72. The van der Waals surface area contributed by atoms with Crippen molar-refractivity contribution in [2.45, 2.75) is 25.9 Å². The molecule has 0 spiro atoms. The number of hydrazine groups is 1. The summed E-state index contributed by atoms with van der Waals surface area (Å²) in [5, 5.41) is 4.54. The molecule has 20 heavy (non-hydrogen) atoms. The number of aromatic nitrogens is 2. The lowest BCUT2D eigenvalue weighted by molar-refractivity contribution is 0.474. The van der Waals surface area contributed by atoms with Gasteiger partial charge in [-0.15, -0.1) is 0 Å². The van der Waals surface area contributed by atoms with Crippen molar-refractivity contribution in [2.75, 3.05) is 0 Å². The molecule has 1 heterocycles. The molecule has 0 aliphatic carbocycles. The van der Waals surface area contributed by atoms with Crippen LogP contribution >= 0.6 is 11.6 Å². The molecule has 0 bridgehead atoms. The first-order valence-corrected chi connectivity index (χ1v) is 6.47. The molecule has 2 aromatic rings. The zero-order valence-corrected chi connectivity index (χ0v) is 11.8. The van der Waals surface area contributed by atoms with Gasteiger partial charge in [0.05, 0.1) is 23.0 Å².